The van der Waals surface area contributed by atoms with Crippen LogP contribution in [0.15, 0.2) is 44.9 Å². The number of aryl methyl sites for hydroxylation is 1. The van der Waals surface area contributed by atoms with Gasteiger partial charge in [-0.3, -0.25) is 4.79 Å². The van der Waals surface area contributed by atoms with Gasteiger partial charge in [0.1, 0.15) is 5.58 Å². The first-order valence-corrected chi connectivity index (χ1v) is 11.6. The Kier molecular flexibility index (Phi) is 6.53. The smallest absolute Gasteiger partial charge is 0.345 e. The van der Waals surface area contributed by atoms with E-state index in [9.17, 15) is 9.59 Å². The minimum Gasteiger partial charge on any atom is -0.466 e. The number of anilines is 1. The molecule has 3 aromatic rings. The van der Waals surface area contributed by atoms with Crippen molar-refractivity contribution in [2.45, 2.75) is 45.4 Å². The quantitative estimate of drug-likeness (QED) is 0.275. The van der Waals surface area contributed by atoms with Gasteiger partial charge in [-0.2, -0.15) is 0 Å². The van der Waals surface area contributed by atoms with Crippen molar-refractivity contribution in [1.29, 1.82) is 0 Å². The fourth-order valence-corrected chi connectivity index (χ4v) is 4.83. The van der Waals surface area contributed by atoms with E-state index < -0.39 is 0 Å². The molecule has 0 aliphatic carbocycles. The van der Waals surface area contributed by atoms with Gasteiger partial charge in [0.2, 0.25) is 0 Å². The van der Waals surface area contributed by atoms with Crippen LogP contribution in [-0.4, -0.2) is 25.7 Å². The minimum absolute atomic E-state index is 0.107. The summed E-state index contributed by atoms with van der Waals surface area (Å²) in [7, 11) is 0. The van der Waals surface area contributed by atoms with Crippen molar-refractivity contribution in [2.75, 3.05) is 24.6 Å². The molecule has 158 valence electrons. The summed E-state index contributed by atoms with van der Waals surface area (Å²) in [5.41, 5.74) is 3.48. The Balaban J connectivity index is 1.48. The molecular formula is C24H27NO4S. The van der Waals surface area contributed by atoms with E-state index in [-0.39, 0.29) is 11.6 Å². The van der Waals surface area contributed by atoms with Gasteiger partial charge in [-0.25, -0.2) is 4.79 Å². The number of benzene rings is 1. The lowest BCUT2D eigenvalue weighted by Gasteiger charge is -2.31. The van der Waals surface area contributed by atoms with E-state index >= 15 is 0 Å². The lowest BCUT2D eigenvalue weighted by molar-refractivity contribution is -0.143. The number of thiophene rings is 1. The van der Waals surface area contributed by atoms with Gasteiger partial charge in [-0.05, 0) is 61.7 Å². The molecule has 0 unspecified atom stereocenters. The Hall–Kier alpha value is -2.60. The van der Waals surface area contributed by atoms with E-state index in [0.717, 1.165) is 55.5 Å². The zero-order chi connectivity index (χ0) is 20.9. The maximum absolute atomic E-state index is 12.5. The molecule has 30 heavy (non-hydrogen) atoms. The maximum Gasteiger partial charge on any atom is 0.345 e. The van der Waals surface area contributed by atoms with Gasteiger partial charge < -0.3 is 14.1 Å². The molecule has 5 nitrogen and oxygen atoms in total. The van der Waals surface area contributed by atoms with Crippen LogP contribution in [-0.2, 0) is 16.0 Å². The molecule has 0 N–H and O–H groups in total. The molecule has 6 heteroatoms. The van der Waals surface area contributed by atoms with Crippen LogP contribution < -0.4 is 10.5 Å². The van der Waals surface area contributed by atoms with Crippen LogP contribution in [0.25, 0.3) is 21.4 Å². The maximum atomic E-state index is 12.5. The second-order valence-electron chi connectivity index (χ2n) is 7.65. The standard InChI is InChI=1S/C24H27NO4S/c1-2-28-23(26)10-4-3-5-11-25-12-6-8-17-14-18-15-19(22-9-7-13-30-22)24(27)29-21(18)16-20(17)25/h7,9,13-16H,2-6,8,10-12H2,1H3. The Morgan fingerprint density at radius 1 is 1.23 bits per heavy atom. The molecule has 2 aromatic heterocycles. The van der Waals surface area contributed by atoms with Crippen LogP contribution in [0.5, 0.6) is 0 Å². The Morgan fingerprint density at radius 2 is 2.13 bits per heavy atom. The summed E-state index contributed by atoms with van der Waals surface area (Å²) in [5, 5.41) is 2.95. The minimum atomic E-state index is -0.286. The van der Waals surface area contributed by atoms with E-state index in [1.165, 1.54) is 11.3 Å². The summed E-state index contributed by atoms with van der Waals surface area (Å²) in [5.74, 6) is -0.107. The fraction of sp³-hybridized carbons (Fsp3) is 0.417. The van der Waals surface area contributed by atoms with Crippen LogP contribution >= 0.6 is 11.3 Å². The van der Waals surface area contributed by atoms with Gasteiger partial charge in [0.15, 0.2) is 0 Å². The van der Waals surface area contributed by atoms with Crippen LogP contribution in [0.1, 0.15) is 44.6 Å². The van der Waals surface area contributed by atoms with Crippen molar-refractivity contribution in [3.63, 3.8) is 0 Å². The van der Waals surface area contributed by atoms with Gasteiger partial charge in [0, 0.05) is 41.5 Å². The number of ether oxygens (including phenoxy) is 1. The van der Waals surface area contributed by atoms with Gasteiger partial charge >= 0.3 is 11.6 Å². The molecule has 4 rings (SSSR count). The number of carbonyl (C=O) groups excluding carboxylic acids is 1. The molecular weight excluding hydrogens is 398 g/mol. The van der Waals surface area contributed by atoms with E-state index in [0.29, 0.717) is 24.2 Å². The largest absolute Gasteiger partial charge is 0.466 e. The molecule has 0 radical (unpaired) electrons. The van der Waals surface area contributed by atoms with Crippen LogP contribution in [0.3, 0.4) is 0 Å². The molecule has 1 aliphatic rings. The zero-order valence-electron chi connectivity index (χ0n) is 17.3. The highest BCUT2D eigenvalue weighted by atomic mass is 32.1. The number of nitrogens with zero attached hydrogens (tertiary/aromatic N) is 1. The predicted molar refractivity (Wildman–Crippen MR) is 121 cm³/mol. The Morgan fingerprint density at radius 3 is 2.93 bits per heavy atom. The normalized spacial score (nSPS) is 13.4. The molecule has 3 heterocycles. The molecule has 0 saturated carbocycles. The number of esters is 1. The van der Waals surface area contributed by atoms with Crippen molar-refractivity contribution in [1.82, 2.24) is 0 Å². The molecule has 0 spiro atoms. The number of hydrogen-bond acceptors (Lipinski definition) is 6. The SMILES string of the molecule is CCOC(=O)CCCCCN1CCCc2cc3cc(-c4cccs4)c(=O)oc3cc21. The highest BCUT2D eigenvalue weighted by Crippen LogP contribution is 2.33. The third kappa shape index (κ3) is 4.59. The number of rotatable bonds is 8. The summed E-state index contributed by atoms with van der Waals surface area (Å²) in [6.07, 6.45) is 5.54. The second-order valence-corrected chi connectivity index (χ2v) is 8.60. The van der Waals surface area contributed by atoms with Gasteiger partial charge in [-0.1, -0.05) is 12.5 Å². The monoisotopic (exact) mass is 425 g/mol. The van der Waals surface area contributed by atoms with Gasteiger partial charge in [0.05, 0.1) is 12.2 Å². The lowest BCUT2D eigenvalue weighted by Crippen LogP contribution is -2.30. The summed E-state index contributed by atoms with van der Waals surface area (Å²) < 4.78 is 10.7. The number of fused-ring (bicyclic) bond motifs is 2. The van der Waals surface area contributed by atoms with Crippen molar-refractivity contribution >= 4 is 34.0 Å². The summed E-state index contributed by atoms with van der Waals surface area (Å²) >= 11 is 1.55. The van der Waals surface area contributed by atoms with Crippen LogP contribution in [0.2, 0.25) is 0 Å². The first kappa shape index (κ1) is 20.7. The molecule has 0 amide bonds. The lowest BCUT2D eigenvalue weighted by atomic mass is 9.98. The highest BCUT2D eigenvalue weighted by Gasteiger charge is 2.19. The van der Waals surface area contributed by atoms with Crippen LogP contribution in [0.4, 0.5) is 5.69 Å². The first-order chi connectivity index (χ1) is 14.7. The summed E-state index contributed by atoms with van der Waals surface area (Å²) in [6, 6.07) is 10.1. The molecule has 1 aromatic carbocycles. The molecule has 0 saturated heterocycles. The van der Waals surface area contributed by atoms with Gasteiger partial charge in [0.25, 0.3) is 0 Å². The first-order valence-electron chi connectivity index (χ1n) is 10.7. The number of carbonyl (C=O) groups is 1. The van der Waals surface area contributed by atoms with E-state index in [2.05, 4.69) is 11.0 Å². The zero-order valence-corrected chi connectivity index (χ0v) is 18.1. The third-order valence-electron chi connectivity index (χ3n) is 5.55. The number of hydrogen-bond donors (Lipinski definition) is 0. The molecule has 0 bridgehead atoms. The molecule has 1 aliphatic heterocycles. The average Bonchev–Trinajstić information content (AvgIpc) is 3.26. The molecule has 0 atom stereocenters. The van der Waals surface area contributed by atoms with Gasteiger partial charge in [-0.15, -0.1) is 11.3 Å². The van der Waals surface area contributed by atoms with E-state index in [4.69, 9.17) is 9.15 Å². The summed E-state index contributed by atoms with van der Waals surface area (Å²) in [4.78, 5) is 27.3. The van der Waals surface area contributed by atoms with Crippen LogP contribution in [0, 0.1) is 0 Å². The topological polar surface area (TPSA) is 59.8 Å². The fourth-order valence-electron chi connectivity index (χ4n) is 4.10. The second kappa shape index (κ2) is 9.47. The predicted octanol–water partition coefficient (Wildman–Crippen LogP) is 5.40. The van der Waals surface area contributed by atoms with Crippen molar-refractivity contribution < 1.29 is 13.9 Å². The number of unbranched alkanes of at least 4 members (excludes halogenated alkanes) is 2. The van der Waals surface area contributed by atoms with Crippen molar-refractivity contribution in [3.05, 3.63) is 51.7 Å². The van der Waals surface area contributed by atoms with E-state index in [1.807, 2.05) is 36.6 Å². The molecule has 0 fully saturated rings. The summed E-state index contributed by atoms with van der Waals surface area (Å²) in [6.45, 7) is 4.23. The Labute approximate surface area is 180 Å². The Bertz CT molecular complexity index is 1070. The van der Waals surface area contributed by atoms with Crippen molar-refractivity contribution in [3.8, 4) is 10.4 Å². The highest BCUT2D eigenvalue weighted by molar-refractivity contribution is 7.13. The third-order valence-corrected chi connectivity index (χ3v) is 6.45. The average molecular weight is 426 g/mol. The van der Waals surface area contributed by atoms with E-state index in [1.54, 1.807) is 11.3 Å². The van der Waals surface area contributed by atoms with Crippen molar-refractivity contribution in [2.24, 2.45) is 0 Å².